The molecule has 1 fully saturated rings. The maximum absolute atomic E-state index is 13.8. The van der Waals surface area contributed by atoms with Crippen LogP contribution in [0, 0.1) is 13.8 Å². The molecule has 10 heteroatoms. The highest BCUT2D eigenvalue weighted by molar-refractivity contribution is 5.98. The van der Waals surface area contributed by atoms with Gasteiger partial charge in [0.15, 0.2) is 0 Å². The van der Waals surface area contributed by atoms with E-state index in [0.717, 1.165) is 40.0 Å². The summed E-state index contributed by atoms with van der Waals surface area (Å²) < 4.78 is 47.4. The second-order valence-electron chi connectivity index (χ2n) is 10.2. The number of nitrogens with one attached hydrogen (secondary N) is 1. The summed E-state index contributed by atoms with van der Waals surface area (Å²) in [7, 11) is 1.61. The molecule has 1 saturated heterocycles. The molecule has 1 aliphatic heterocycles. The Morgan fingerprint density at radius 2 is 1.45 bits per heavy atom. The van der Waals surface area contributed by atoms with Crippen molar-refractivity contribution >= 4 is 17.6 Å². The maximum atomic E-state index is 13.8. The Kier molecular flexibility index (Phi) is 7.98. The monoisotopic (exact) mass is 576 g/mol. The number of anilines is 1. The van der Waals surface area contributed by atoms with E-state index < -0.39 is 17.8 Å². The number of nitrogens with zero attached hydrogens (tertiary/aromatic N) is 3. The summed E-state index contributed by atoms with van der Waals surface area (Å²) in [6.45, 7) is 4.80. The summed E-state index contributed by atoms with van der Waals surface area (Å²) in [5.74, 6) is 0.555. The molecule has 0 aliphatic carbocycles. The predicted octanol–water partition coefficient (Wildman–Crippen LogP) is 6.78. The van der Waals surface area contributed by atoms with Crippen LogP contribution < -0.4 is 10.1 Å². The van der Waals surface area contributed by atoms with E-state index in [1.807, 2.05) is 68.4 Å². The number of aryl methyl sites for hydroxylation is 1. The van der Waals surface area contributed by atoms with Crippen molar-refractivity contribution < 1.29 is 27.5 Å². The number of benzene rings is 3. The van der Waals surface area contributed by atoms with Gasteiger partial charge in [0.2, 0.25) is 0 Å². The van der Waals surface area contributed by atoms with Gasteiger partial charge in [0, 0.05) is 37.6 Å². The number of hydrogen-bond donors (Lipinski definition) is 1. The lowest BCUT2D eigenvalue weighted by molar-refractivity contribution is -0.136. The van der Waals surface area contributed by atoms with Gasteiger partial charge in [0.05, 0.1) is 29.6 Å². The van der Waals surface area contributed by atoms with Gasteiger partial charge in [-0.05, 0) is 74.0 Å². The number of hydrogen-bond acceptors (Lipinski definition) is 3. The number of carbonyl (C=O) groups is 2. The Balaban J connectivity index is 1.35. The van der Waals surface area contributed by atoms with Gasteiger partial charge in [-0.1, -0.05) is 29.8 Å². The Bertz CT molecular complexity index is 1590. The summed E-state index contributed by atoms with van der Waals surface area (Å²) in [4.78, 5) is 29.7. The number of rotatable bonds is 5. The quantitative estimate of drug-likeness (QED) is 0.285. The third-order valence-electron chi connectivity index (χ3n) is 7.48. The number of aromatic nitrogens is 1. The molecule has 0 saturated carbocycles. The maximum Gasteiger partial charge on any atom is 0.418 e. The highest BCUT2D eigenvalue weighted by atomic mass is 19.4. The van der Waals surface area contributed by atoms with Crippen molar-refractivity contribution in [3.8, 4) is 22.7 Å². The lowest BCUT2D eigenvalue weighted by atomic mass is 10.1. The first kappa shape index (κ1) is 28.8. The molecular weight excluding hydrogens is 545 g/mol. The van der Waals surface area contributed by atoms with Crippen LogP contribution in [0.5, 0.6) is 5.75 Å². The summed E-state index contributed by atoms with van der Waals surface area (Å²) in [5, 5.41) is 2.38. The predicted molar refractivity (Wildman–Crippen MR) is 155 cm³/mol. The highest BCUT2D eigenvalue weighted by Crippen LogP contribution is 2.35. The van der Waals surface area contributed by atoms with Crippen molar-refractivity contribution in [2.75, 3.05) is 38.6 Å². The lowest BCUT2D eigenvalue weighted by Gasteiger charge is -2.35. The number of amides is 3. The zero-order valence-corrected chi connectivity index (χ0v) is 23.5. The van der Waals surface area contributed by atoms with Crippen LogP contribution in [0.4, 0.5) is 23.7 Å². The van der Waals surface area contributed by atoms with Crippen molar-refractivity contribution in [2.24, 2.45) is 0 Å². The van der Waals surface area contributed by atoms with E-state index in [1.165, 1.54) is 23.1 Å². The van der Waals surface area contributed by atoms with Crippen LogP contribution in [0.25, 0.3) is 16.9 Å². The Morgan fingerprint density at radius 3 is 2.07 bits per heavy atom. The molecule has 1 aliphatic rings. The Labute approximate surface area is 242 Å². The minimum Gasteiger partial charge on any atom is -0.497 e. The molecule has 0 radical (unpaired) electrons. The third kappa shape index (κ3) is 5.83. The zero-order chi connectivity index (χ0) is 30.0. The van der Waals surface area contributed by atoms with E-state index in [2.05, 4.69) is 9.88 Å². The molecule has 2 heterocycles. The average molecular weight is 577 g/mol. The molecule has 3 amide bonds. The standard InChI is InChI=1S/C32H31F3N4O3/c1-21-8-12-24(13-9-21)39-22(2)26(20-29(39)23-10-14-25(42-3)15-11-23)30(40)37-16-18-38(19-17-37)31(41)36-28-7-5-4-6-27(28)32(33,34)35/h4-15,20H,16-19H2,1-3H3,(H,36,41). The molecule has 5 rings (SSSR count). The van der Waals surface area contributed by atoms with E-state index >= 15 is 0 Å². The molecule has 4 aromatic rings. The van der Waals surface area contributed by atoms with Gasteiger partial charge in [-0.3, -0.25) is 4.79 Å². The minimum absolute atomic E-state index is 0.171. The fourth-order valence-electron chi connectivity index (χ4n) is 5.14. The van der Waals surface area contributed by atoms with Crippen LogP contribution in [-0.4, -0.2) is 59.6 Å². The second-order valence-corrected chi connectivity index (χ2v) is 10.2. The highest BCUT2D eigenvalue weighted by Gasteiger charge is 2.34. The number of halogens is 3. The van der Waals surface area contributed by atoms with Crippen LogP contribution in [-0.2, 0) is 6.18 Å². The molecule has 3 aromatic carbocycles. The van der Waals surface area contributed by atoms with Crippen molar-refractivity contribution in [3.05, 3.63) is 101 Å². The van der Waals surface area contributed by atoms with Crippen LogP contribution >= 0.6 is 0 Å². The van der Waals surface area contributed by atoms with Crippen LogP contribution in [0.15, 0.2) is 78.9 Å². The van der Waals surface area contributed by atoms with Crippen LogP contribution in [0.2, 0.25) is 0 Å². The smallest absolute Gasteiger partial charge is 0.418 e. The Hall–Kier alpha value is -4.73. The minimum atomic E-state index is -4.59. The molecule has 218 valence electrons. The summed E-state index contributed by atoms with van der Waals surface area (Å²) in [6, 6.07) is 21.8. The van der Waals surface area contributed by atoms with Gasteiger partial charge in [0.1, 0.15) is 5.75 Å². The first-order chi connectivity index (χ1) is 20.1. The second kappa shape index (κ2) is 11.6. The first-order valence-corrected chi connectivity index (χ1v) is 13.5. The number of urea groups is 1. The van der Waals surface area contributed by atoms with Crippen molar-refractivity contribution in [1.29, 1.82) is 0 Å². The molecule has 0 unspecified atom stereocenters. The summed E-state index contributed by atoms with van der Waals surface area (Å²) in [5.41, 5.74) is 3.92. The molecule has 0 spiro atoms. The first-order valence-electron chi connectivity index (χ1n) is 13.5. The van der Waals surface area contributed by atoms with Gasteiger partial charge in [-0.25, -0.2) is 4.79 Å². The molecule has 0 atom stereocenters. The topological polar surface area (TPSA) is 66.8 Å². The fourth-order valence-corrected chi connectivity index (χ4v) is 5.14. The number of alkyl halides is 3. The molecular formula is C32H31F3N4O3. The van der Waals surface area contributed by atoms with E-state index in [0.29, 0.717) is 5.56 Å². The number of para-hydroxylation sites is 1. The lowest BCUT2D eigenvalue weighted by Crippen LogP contribution is -2.51. The number of piperazine rings is 1. The Morgan fingerprint density at radius 1 is 0.833 bits per heavy atom. The molecule has 42 heavy (non-hydrogen) atoms. The van der Waals surface area contributed by atoms with Gasteiger partial charge in [-0.2, -0.15) is 13.2 Å². The SMILES string of the molecule is COc1ccc(-c2cc(C(=O)N3CCN(C(=O)Nc4ccccc4C(F)(F)F)CC3)c(C)n2-c2ccc(C)cc2)cc1. The van der Waals surface area contributed by atoms with Crippen LogP contribution in [0.3, 0.4) is 0 Å². The van der Waals surface area contributed by atoms with E-state index in [-0.39, 0.29) is 37.8 Å². The van der Waals surface area contributed by atoms with Crippen molar-refractivity contribution in [2.45, 2.75) is 20.0 Å². The number of carbonyl (C=O) groups excluding carboxylic acids is 2. The summed E-state index contributed by atoms with van der Waals surface area (Å²) >= 11 is 0. The fraction of sp³-hybridized carbons (Fsp3) is 0.250. The van der Waals surface area contributed by atoms with E-state index in [1.54, 1.807) is 12.0 Å². The summed E-state index contributed by atoms with van der Waals surface area (Å²) in [6.07, 6.45) is -4.59. The van der Waals surface area contributed by atoms with E-state index in [9.17, 15) is 22.8 Å². The number of methoxy groups -OCH3 is 1. The van der Waals surface area contributed by atoms with Crippen molar-refractivity contribution in [3.63, 3.8) is 0 Å². The van der Waals surface area contributed by atoms with Gasteiger partial charge in [-0.15, -0.1) is 0 Å². The molecule has 1 N–H and O–H groups in total. The molecule has 1 aromatic heterocycles. The number of ether oxygens (including phenoxy) is 1. The third-order valence-corrected chi connectivity index (χ3v) is 7.48. The van der Waals surface area contributed by atoms with Crippen LogP contribution in [0.1, 0.15) is 27.2 Å². The largest absolute Gasteiger partial charge is 0.497 e. The van der Waals surface area contributed by atoms with Crippen molar-refractivity contribution in [1.82, 2.24) is 14.4 Å². The molecule has 7 nitrogen and oxygen atoms in total. The van der Waals surface area contributed by atoms with Gasteiger partial charge < -0.3 is 24.4 Å². The van der Waals surface area contributed by atoms with Gasteiger partial charge >= 0.3 is 12.2 Å². The normalized spacial score (nSPS) is 13.7. The zero-order valence-electron chi connectivity index (χ0n) is 23.5. The molecule has 0 bridgehead atoms. The van der Waals surface area contributed by atoms with Gasteiger partial charge in [0.25, 0.3) is 5.91 Å². The van der Waals surface area contributed by atoms with E-state index in [4.69, 9.17) is 4.74 Å². The average Bonchev–Trinajstić information content (AvgIpc) is 3.33.